The number of alkyl halides is 3. The number of carbonyl (C=O) groups excluding carboxylic acids is 1. The SMILES string of the molecule is CC(CCOCC(F)(F)F)(C(N)=O)C(=O)O. The van der Waals surface area contributed by atoms with Crippen LogP contribution in [0, 0.1) is 5.41 Å². The van der Waals surface area contributed by atoms with E-state index in [0.29, 0.717) is 0 Å². The van der Waals surface area contributed by atoms with Crippen LogP contribution in [0.25, 0.3) is 0 Å². The number of hydrogen-bond donors (Lipinski definition) is 2. The maximum absolute atomic E-state index is 11.7. The fraction of sp³-hybridized carbons (Fsp3) is 0.750. The predicted octanol–water partition coefficient (Wildman–Crippen LogP) is 0.532. The number of hydrogen-bond acceptors (Lipinski definition) is 3. The summed E-state index contributed by atoms with van der Waals surface area (Å²) in [6.45, 7) is -0.957. The van der Waals surface area contributed by atoms with Gasteiger partial charge in [0.05, 0.1) is 0 Å². The number of carbonyl (C=O) groups is 2. The van der Waals surface area contributed by atoms with Gasteiger partial charge in [-0.3, -0.25) is 9.59 Å². The van der Waals surface area contributed by atoms with Gasteiger partial charge in [0, 0.05) is 6.61 Å². The van der Waals surface area contributed by atoms with Crippen molar-refractivity contribution < 1.29 is 32.6 Å². The molecule has 0 aliphatic heterocycles. The lowest BCUT2D eigenvalue weighted by Gasteiger charge is -2.20. The van der Waals surface area contributed by atoms with Crippen molar-refractivity contribution in [3.8, 4) is 0 Å². The first kappa shape index (κ1) is 14.7. The molecule has 3 N–H and O–H groups in total. The molecular weight excluding hydrogens is 231 g/mol. The Labute approximate surface area is 89.4 Å². The molecule has 0 aromatic carbocycles. The van der Waals surface area contributed by atoms with Crippen LogP contribution in [0.4, 0.5) is 13.2 Å². The van der Waals surface area contributed by atoms with Crippen LogP contribution in [0.1, 0.15) is 13.3 Å². The van der Waals surface area contributed by atoms with Gasteiger partial charge >= 0.3 is 12.1 Å². The van der Waals surface area contributed by atoms with Crippen LogP contribution < -0.4 is 5.73 Å². The van der Waals surface area contributed by atoms with Gasteiger partial charge in [-0.2, -0.15) is 13.2 Å². The van der Waals surface area contributed by atoms with Gasteiger partial charge < -0.3 is 15.6 Å². The number of primary amides is 1. The molecule has 0 heterocycles. The minimum absolute atomic E-state index is 0.409. The molecule has 0 aliphatic carbocycles. The molecule has 0 bridgehead atoms. The minimum Gasteiger partial charge on any atom is -0.480 e. The Morgan fingerprint density at radius 3 is 2.19 bits per heavy atom. The summed E-state index contributed by atoms with van der Waals surface area (Å²) in [5, 5.41) is 8.68. The van der Waals surface area contributed by atoms with Crippen LogP contribution >= 0.6 is 0 Å². The normalized spacial score (nSPS) is 15.5. The summed E-state index contributed by atoms with van der Waals surface area (Å²) in [7, 11) is 0. The second-order valence-corrected chi connectivity index (χ2v) is 3.42. The lowest BCUT2D eigenvalue weighted by Crippen LogP contribution is -2.42. The van der Waals surface area contributed by atoms with Crippen molar-refractivity contribution in [3.05, 3.63) is 0 Å². The van der Waals surface area contributed by atoms with E-state index in [1.54, 1.807) is 0 Å². The van der Waals surface area contributed by atoms with Crippen molar-refractivity contribution in [1.29, 1.82) is 0 Å². The summed E-state index contributed by atoms with van der Waals surface area (Å²) in [6.07, 6.45) is -4.89. The standard InChI is InChI=1S/C8H12F3NO4/c1-7(5(12)13,6(14)15)2-3-16-4-8(9,10)11/h2-4H2,1H3,(H2,12,13)(H,14,15). The lowest BCUT2D eigenvalue weighted by atomic mass is 9.86. The highest BCUT2D eigenvalue weighted by molar-refractivity contribution is 6.00. The number of nitrogens with two attached hydrogens (primary N) is 1. The van der Waals surface area contributed by atoms with Gasteiger partial charge in [-0.25, -0.2) is 0 Å². The molecule has 0 spiro atoms. The van der Waals surface area contributed by atoms with Gasteiger partial charge in [0.2, 0.25) is 5.91 Å². The van der Waals surface area contributed by atoms with E-state index in [9.17, 15) is 22.8 Å². The first-order valence-electron chi connectivity index (χ1n) is 4.27. The highest BCUT2D eigenvalue weighted by atomic mass is 19.4. The molecule has 0 aliphatic rings. The van der Waals surface area contributed by atoms with Gasteiger partial charge in [0.1, 0.15) is 12.0 Å². The summed E-state index contributed by atoms with van der Waals surface area (Å²) in [6, 6.07) is 0. The number of aliphatic carboxylic acids is 1. The number of amides is 1. The molecule has 5 nitrogen and oxygen atoms in total. The highest BCUT2D eigenvalue weighted by Gasteiger charge is 2.39. The minimum atomic E-state index is -4.48. The molecule has 94 valence electrons. The van der Waals surface area contributed by atoms with Crippen LogP contribution in [0.5, 0.6) is 0 Å². The molecule has 0 saturated carbocycles. The first-order valence-corrected chi connectivity index (χ1v) is 4.27. The number of ether oxygens (including phenoxy) is 1. The van der Waals surface area contributed by atoms with Gasteiger partial charge in [-0.1, -0.05) is 0 Å². The summed E-state index contributed by atoms with van der Waals surface area (Å²) in [5.74, 6) is -2.61. The van der Waals surface area contributed by atoms with E-state index in [4.69, 9.17) is 10.8 Å². The van der Waals surface area contributed by atoms with Gasteiger partial charge in [-0.05, 0) is 13.3 Å². The Hall–Kier alpha value is -1.31. The second kappa shape index (κ2) is 5.15. The second-order valence-electron chi connectivity index (χ2n) is 3.42. The summed E-state index contributed by atoms with van der Waals surface area (Å²) >= 11 is 0. The first-order chi connectivity index (χ1) is 7.09. The van der Waals surface area contributed by atoms with Crippen molar-refractivity contribution in [2.45, 2.75) is 19.5 Å². The third-order valence-electron chi connectivity index (χ3n) is 2.03. The average molecular weight is 243 g/mol. The van der Waals surface area contributed by atoms with Crippen LogP contribution in [0.2, 0.25) is 0 Å². The Kier molecular flexibility index (Phi) is 4.73. The molecule has 0 aromatic rings. The molecule has 8 heteroatoms. The maximum Gasteiger partial charge on any atom is 0.411 e. The number of carboxylic acids is 1. The third kappa shape index (κ3) is 4.47. The monoisotopic (exact) mass is 243 g/mol. The zero-order valence-electron chi connectivity index (χ0n) is 8.50. The molecule has 0 rings (SSSR count). The van der Waals surface area contributed by atoms with E-state index in [-0.39, 0.29) is 0 Å². The van der Waals surface area contributed by atoms with Crippen LogP contribution in [-0.2, 0) is 14.3 Å². The Balaban J connectivity index is 4.17. The van der Waals surface area contributed by atoms with E-state index in [1.807, 2.05) is 0 Å². The molecule has 1 amide bonds. The summed E-state index contributed by atoms with van der Waals surface area (Å²) < 4.78 is 39.2. The van der Waals surface area contributed by atoms with Gasteiger partial charge in [-0.15, -0.1) is 0 Å². The van der Waals surface area contributed by atoms with E-state index in [0.717, 1.165) is 6.92 Å². The molecule has 0 radical (unpaired) electrons. The molecule has 0 fully saturated rings. The van der Waals surface area contributed by atoms with Gasteiger partial charge in [0.15, 0.2) is 0 Å². The summed E-state index contributed by atoms with van der Waals surface area (Å²) in [4.78, 5) is 21.5. The molecule has 1 unspecified atom stereocenters. The lowest BCUT2D eigenvalue weighted by molar-refractivity contribution is -0.176. The topological polar surface area (TPSA) is 89.6 Å². The van der Waals surface area contributed by atoms with Crippen molar-refractivity contribution in [2.24, 2.45) is 11.1 Å². The zero-order valence-corrected chi connectivity index (χ0v) is 8.50. The van der Waals surface area contributed by atoms with Gasteiger partial charge in [0.25, 0.3) is 0 Å². The van der Waals surface area contributed by atoms with Crippen molar-refractivity contribution in [3.63, 3.8) is 0 Å². The Morgan fingerprint density at radius 2 is 1.88 bits per heavy atom. The fourth-order valence-corrected chi connectivity index (χ4v) is 0.800. The van der Waals surface area contributed by atoms with E-state index in [1.165, 1.54) is 0 Å². The molecule has 1 atom stereocenters. The third-order valence-corrected chi connectivity index (χ3v) is 2.03. The van der Waals surface area contributed by atoms with E-state index >= 15 is 0 Å². The van der Waals surface area contributed by atoms with Crippen LogP contribution in [0.3, 0.4) is 0 Å². The molecular formula is C8H12F3NO4. The van der Waals surface area contributed by atoms with Crippen LogP contribution in [0.15, 0.2) is 0 Å². The zero-order chi connectivity index (χ0) is 13.0. The number of halogens is 3. The smallest absolute Gasteiger partial charge is 0.411 e. The quantitative estimate of drug-likeness (QED) is 0.526. The molecule has 0 aromatic heterocycles. The Morgan fingerprint density at radius 1 is 1.38 bits per heavy atom. The molecule has 0 saturated heterocycles. The Bertz CT molecular complexity index is 263. The number of rotatable bonds is 6. The largest absolute Gasteiger partial charge is 0.480 e. The van der Waals surface area contributed by atoms with E-state index in [2.05, 4.69) is 4.74 Å². The molecule has 16 heavy (non-hydrogen) atoms. The van der Waals surface area contributed by atoms with Crippen molar-refractivity contribution in [1.82, 2.24) is 0 Å². The number of carboxylic acid groups (broad SMARTS) is 1. The average Bonchev–Trinajstić information content (AvgIpc) is 2.09. The predicted molar refractivity (Wildman–Crippen MR) is 46.4 cm³/mol. The van der Waals surface area contributed by atoms with Crippen molar-refractivity contribution >= 4 is 11.9 Å². The van der Waals surface area contributed by atoms with E-state index < -0.39 is 43.1 Å². The highest BCUT2D eigenvalue weighted by Crippen LogP contribution is 2.22. The summed E-state index contributed by atoms with van der Waals surface area (Å²) in [5.41, 5.74) is 2.93. The fourth-order valence-electron chi connectivity index (χ4n) is 0.800. The van der Waals surface area contributed by atoms with Crippen LogP contribution in [-0.4, -0.2) is 36.4 Å². The van der Waals surface area contributed by atoms with Crippen molar-refractivity contribution in [2.75, 3.05) is 13.2 Å². The maximum atomic E-state index is 11.7.